The highest BCUT2D eigenvalue weighted by Crippen LogP contribution is 2.16. The second kappa shape index (κ2) is 5.50. The Bertz CT molecular complexity index is 332. The van der Waals surface area contributed by atoms with Crippen LogP contribution in [0.1, 0.15) is 12.5 Å². The van der Waals surface area contributed by atoms with Gasteiger partial charge in [0.15, 0.2) is 0 Å². The molecule has 0 saturated heterocycles. The molecule has 0 saturated carbocycles. The van der Waals surface area contributed by atoms with Gasteiger partial charge in [0.25, 0.3) is 0 Å². The van der Waals surface area contributed by atoms with E-state index in [4.69, 9.17) is 0 Å². The Kier molecular flexibility index (Phi) is 4.26. The van der Waals surface area contributed by atoms with E-state index in [0.717, 1.165) is 5.56 Å². The molecule has 1 N–H and O–H groups in total. The standard InChI is InChI=1S/C11H13NOS/c1-2-12-11(13)8-10(14)9-6-4-3-5-7-9/h3-8,14H,2H2,1H3,(H,12,13). The van der Waals surface area contributed by atoms with Gasteiger partial charge in [-0.2, -0.15) is 0 Å². The first-order chi connectivity index (χ1) is 6.74. The minimum atomic E-state index is -0.110. The van der Waals surface area contributed by atoms with E-state index in [1.807, 2.05) is 37.3 Å². The quantitative estimate of drug-likeness (QED) is 0.577. The van der Waals surface area contributed by atoms with E-state index in [0.29, 0.717) is 11.4 Å². The van der Waals surface area contributed by atoms with Crippen LogP contribution in [0.15, 0.2) is 36.4 Å². The van der Waals surface area contributed by atoms with Gasteiger partial charge in [0.2, 0.25) is 5.91 Å². The number of hydrogen-bond acceptors (Lipinski definition) is 2. The molecule has 2 nitrogen and oxygen atoms in total. The molecule has 1 rings (SSSR count). The topological polar surface area (TPSA) is 29.1 Å². The van der Waals surface area contributed by atoms with Crippen molar-refractivity contribution in [1.82, 2.24) is 5.32 Å². The van der Waals surface area contributed by atoms with Crippen molar-refractivity contribution in [2.75, 3.05) is 6.54 Å². The summed E-state index contributed by atoms with van der Waals surface area (Å²) in [6, 6.07) is 9.58. The highest BCUT2D eigenvalue weighted by Gasteiger charge is 1.98. The monoisotopic (exact) mass is 207 g/mol. The molecule has 0 fully saturated rings. The largest absolute Gasteiger partial charge is 0.353 e. The molecule has 1 aromatic carbocycles. The molecular formula is C11H13NOS. The van der Waals surface area contributed by atoms with Gasteiger partial charge < -0.3 is 5.32 Å². The van der Waals surface area contributed by atoms with Crippen LogP contribution < -0.4 is 5.32 Å². The summed E-state index contributed by atoms with van der Waals surface area (Å²) in [6.45, 7) is 2.51. The number of carbonyl (C=O) groups excluding carboxylic acids is 1. The van der Waals surface area contributed by atoms with Crippen molar-refractivity contribution in [1.29, 1.82) is 0 Å². The Balaban J connectivity index is 2.75. The van der Waals surface area contributed by atoms with Crippen molar-refractivity contribution >= 4 is 23.4 Å². The Morgan fingerprint density at radius 3 is 2.64 bits per heavy atom. The Morgan fingerprint density at radius 1 is 1.43 bits per heavy atom. The van der Waals surface area contributed by atoms with E-state index in [1.165, 1.54) is 6.08 Å². The molecule has 0 radical (unpaired) electrons. The molecule has 0 aliphatic rings. The zero-order chi connectivity index (χ0) is 10.4. The van der Waals surface area contributed by atoms with Crippen molar-refractivity contribution in [2.45, 2.75) is 6.92 Å². The molecule has 0 spiro atoms. The van der Waals surface area contributed by atoms with E-state index < -0.39 is 0 Å². The summed E-state index contributed by atoms with van der Waals surface area (Å²) in [4.78, 5) is 11.9. The number of carbonyl (C=O) groups is 1. The Hall–Kier alpha value is -1.22. The Labute approximate surface area is 89.4 Å². The second-order valence-electron chi connectivity index (χ2n) is 2.79. The third-order valence-corrected chi connectivity index (χ3v) is 2.08. The van der Waals surface area contributed by atoms with Crippen LogP contribution in [0.4, 0.5) is 0 Å². The maximum absolute atomic E-state index is 11.2. The molecule has 3 heteroatoms. The number of rotatable bonds is 3. The van der Waals surface area contributed by atoms with Gasteiger partial charge in [-0.05, 0) is 12.5 Å². The number of likely N-dealkylation sites (N-methyl/N-ethyl adjacent to an activating group) is 1. The molecule has 0 aliphatic carbocycles. The highest BCUT2D eigenvalue weighted by molar-refractivity contribution is 7.90. The lowest BCUT2D eigenvalue weighted by Crippen LogP contribution is -2.20. The van der Waals surface area contributed by atoms with Gasteiger partial charge in [-0.25, -0.2) is 0 Å². The number of amides is 1. The average molecular weight is 207 g/mol. The molecule has 0 aliphatic heterocycles. The normalized spacial score (nSPS) is 11.1. The van der Waals surface area contributed by atoms with Gasteiger partial charge >= 0.3 is 0 Å². The first-order valence-corrected chi connectivity index (χ1v) is 4.92. The SMILES string of the molecule is CCNC(=O)C=C(S)c1ccccc1. The van der Waals surface area contributed by atoms with Crippen LogP contribution in [-0.4, -0.2) is 12.5 Å². The Morgan fingerprint density at radius 2 is 2.07 bits per heavy atom. The van der Waals surface area contributed by atoms with Crippen LogP contribution >= 0.6 is 12.6 Å². The molecule has 14 heavy (non-hydrogen) atoms. The first-order valence-electron chi connectivity index (χ1n) is 4.48. The number of benzene rings is 1. The lowest BCUT2D eigenvalue weighted by molar-refractivity contribution is -0.116. The van der Waals surface area contributed by atoms with E-state index in [2.05, 4.69) is 17.9 Å². The zero-order valence-corrected chi connectivity index (χ0v) is 8.92. The van der Waals surface area contributed by atoms with Crippen LogP contribution in [0, 0.1) is 0 Å². The summed E-state index contributed by atoms with van der Waals surface area (Å²) in [5.74, 6) is -0.110. The van der Waals surface area contributed by atoms with Gasteiger partial charge in [-0.1, -0.05) is 30.3 Å². The minimum absolute atomic E-state index is 0.110. The lowest BCUT2D eigenvalue weighted by Gasteiger charge is -2.00. The zero-order valence-electron chi connectivity index (χ0n) is 8.03. The molecule has 0 atom stereocenters. The summed E-state index contributed by atoms with van der Waals surface area (Å²) in [5.41, 5.74) is 0.946. The van der Waals surface area contributed by atoms with Crippen molar-refractivity contribution in [3.8, 4) is 0 Å². The maximum atomic E-state index is 11.2. The molecule has 74 valence electrons. The van der Waals surface area contributed by atoms with E-state index >= 15 is 0 Å². The summed E-state index contributed by atoms with van der Waals surface area (Å²) in [6.07, 6.45) is 1.49. The lowest BCUT2D eigenvalue weighted by atomic mass is 10.2. The van der Waals surface area contributed by atoms with E-state index in [-0.39, 0.29) is 5.91 Å². The van der Waals surface area contributed by atoms with Gasteiger partial charge in [-0.15, -0.1) is 12.6 Å². The van der Waals surface area contributed by atoms with Gasteiger partial charge in [0.1, 0.15) is 0 Å². The molecule has 0 bridgehead atoms. The van der Waals surface area contributed by atoms with E-state index in [1.54, 1.807) is 0 Å². The van der Waals surface area contributed by atoms with Gasteiger partial charge in [0.05, 0.1) is 0 Å². The number of nitrogens with one attached hydrogen (secondary N) is 1. The number of hydrogen-bond donors (Lipinski definition) is 2. The molecule has 0 aromatic heterocycles. The molecular weight excluding hydrogens is 194 g/mol. The number of thiol groups is 1. The van der Waals surface area contributed by atoms with Crippen LogP contribution in [-0.2, 0) is 4.79 Å². The van der Waals surface area contributed by atoms with Crippen LogP contribution in [0.5, 0.6) is 0 Å². The van der Waals surface area contributed by atoms with Gasteiger partial charge in [0, 0.05) is 17.5 Å². The maximum Gasteiger partial charge on any atom is 0.245 e. The fourth-order valence-electron chi connectivity index (χ4n) is 1.04. The fourth-order valence-corrected chi connectivity index (χ4v) is 1.31. The third kappa shape index (κ3) is 3.26. The highest BCUT2D eigenvalue weighted by atomic mass is 32.1. The van der Waals surface area contributed by atoms with Crippen molar-refractivity contribution < 1.29 is 4.79 Å². The van der Waals surface area contributed by atoms with Crippen molar-refractivity contribution in [2.24, 2.45) is 0 Å². The van der Waals surface area contributed by atoms with E-state index in [9.17, 15) is 4.79 Å². The predicted molar refractivity (Wildman–Crippen MR) is 62.1 cm³/mol. The molecule has 1 amide bonds. The van der Waals surface area contributed by atoms with Crippen LogP contribution in [0.25, 0.3) is 4.91 Å². The first kappa shape index (κ1) is 10.9. The molecule has 0 unspecified atom stereocenters. The summed E-state index contributed by atoms with van der Waals surface area (Å²) in [7, 11) is 0. The third-order valence-electron chi connectivity index (χ3n) is 1.69. The predicted octanol–water partition coefficient (Wildman–Crippen LogP) is 2.09. The molecule has 0 heterocycles. The smallest absolute Gasteiger partial charge is 0.245 e. The summed E-state index contributed by atoms with van der Waals surface area (Å²) < 4.78 is 0. The summed E-state index contributed by atoms with van der Waals surface area (Å²) >= 11 is 4.25. The minimum Gasteiger partial charge on any atom is -0.353 e. The average Bonchev–Trinajstić information content (AvgIpc) is 2.19. The summed E-state index contributed by atoms with van der Waals surface area (Å²) in [5, 5.41) is 2.68. The fraction of sp³-hybridized carbons (Fsp3) is 0.182. The van der Waals surface area contributed by atoms with Crippen molar-refractivity contribution in [3.05, 3.63) is 42.0 Å². The van der Waals surface area contributed by atoms with Crippen molar-refractivity contribution in [3.63, 3.8) is 0 Å². The molecule has 1 aromatic rings. The van der Waals surface area contributed by atoms with Crippen LogP contribution in [0.3, 0.4) is 0 Å². The second-order valence-corrected chi connectivity index (χ2v) is 3.27. The van der Waals surface area contributed by atoms with Crippen LogP contribution in [0.2, 0.25) is 0 Å². The van der Waals surface area contributed by atoms with Gasteiger partial charge in [-0.3, -0.25) is 4.79 Å².